The first kappa shape index (κ1) is 16.4. The summed E-state index contributed by atoms with van der Waals surface area (Å²) in [6.45, 7) is 9.49. The van der Waals surface area contributed by atoms with Gasteiger partial charge in [0.05, 0.1) is 0 Å². The quantitative estimate of drug-likeness (QED) is 0.908. The highest BCUT2D eigenvalue weighted by Crippen LogP contribution is 2.21. The van der Waals surface area contributed by atoms with Crippen molar-refractivity contribution in [2.75, 3.05) is 36.4 Å². The minimum Gasteiger partial charge on any atom is -0.368 e. The Labute approximate surface area is 144 Å². The van der Waals surface area contributed by atoms with Crippen LogP contribution < -0.4 is 10.2 Å². The lowest BCUT2D eigenvalue weighted by Crippen LogP contribution is -2.50. The molecule has 1 heterocycles. The number of hydrogen-bond acceptors (Lipinski definition) is 2. The molecule has 0 spiro atoms. The molecule has 0 unspecified atom stereocenters. The minimum absolute atomic E-state index is 0.0102. The number of piperazine rings is 1. The van der Waals surface area contributed by atoms with Crippen LogP contribution in [0.5, 0.6) is 0 Å². The van der Waals surface area contributed by atoms with Crippen molar-refractivity contribution in [2.24, 2.45) is 0 Å². The normalized spacial score (nSPS) is 14.6. The molecule has 0 atom stereocenters. The second-order valence-electron chi connectivity index (χ2n) is 6.49. The lowest BCUT2D eigenvalue weighted by molar-refractivity contribution is 0.208. The minimum atomic E-state index is -0.0102. The van der Waals surface area contributed by atoms with E-state index in [1.54, 1.807) is 0 Å². The molecule has 3 rings (SSSR count). The maximum Gasteiger partial charge on any atom is 0.321 e. The Morgan fingerprint density at radius 1 is 0.875 bits per heavy atom. The molecule has 1 fully saturated rings. The average Bonchev–Trinajstić information content (AvgIpc) is 2.59. The molecule has 1 aliphatic heterocycles. The van der Waals surface area contributed by atoms with Crippen molar-refractivity contribution < 1.29 is 4.79 Å². The number of anilines is 2. The third kappa shape index (κ3) is 3.53. The Kier molecular flexibility index (Phi) is 4.74. The molecule has 0 radical (unpaired) electrons. The summed E-state index contributed by atoms with van der Waals surface area (Å²) in [6.07, 6.45) is 0. The van der Waals surface area contributed by atoms with Crippen LogP contribution in [0.3, 0.4) is 0 Å². The molecule has 4 heteroatoms. The first-order chi connectivity index (χ1) is 11.5. The number of nitrogens with zero attached hydrogens (tertiary/aromatic N) is 2. The van der Waals surface area contributed by atoms with Gasteiger partial charge < -0.3 is 15.1 Å². The van der Waals surface area contributed by atoms with Crippen molar-refractivity contribution in [1.29, 1.82) is 0 Å². The molecular weight excluding hydrogens is 298 g/mol. The Hall–Kier alpha value is -2.49. The Morgan fingerprint density at radius 3 is 2.25 bits per heavy atom. The maximum absolute atomic E-state index is 12.5. The van der Waals surface area contributed by atoms with E-state index in [1.165, 1.54) is 16.8 Å². The molecular formula is C20H25N3O. The van der Waals surface area contributed by atoms with Crippen LogP contribution in [0.2, 0.25) is 0 Å². The Morgan fingerprint density at radius 2 is 1.58 bits per heavy atom. The Balaban J connectivity index is 1.59. The number of amides is 2. The number of carbonyl (C=O) groups is 1. The van der Waals surface area contributed by atoms with E-state index in [9.17, 15) is 4.79 Å². The third-order valence-electron chi connectivity index (χ3n) is 4.81. The predicted molar refractivity (Wildman–Crippen MR) is 99.9 cm³/mol. The number of para-hydroxylation sites is 1. The second-order valence-corrected chi connectivity index (χ2v) is 6.49. The fourth-order valence-corrected chi connectivity index (χ4v) is 3.00. The van der Waals surface area contributed by atoms with Crippen molar-refractivity contribution >= 4 is 17.4 Å². The lowest BCUT2D eigenvalue weighted by atomic mass is 10.1. The standard InChI is InChI=1S/C20H25N3O/c1-15-8-9-18(14-17(15)3)22-10-12-23(13-11-22)20(24)21-19-7-5-4-6-16(19)2/h4-9,14H,10-13H2,1-3H3,(H,21,24). The lowest BCUT2D eigenvalue weighted by Gasteiger charge is -2.36. The first-order valence-corrected chi connectivity index (χ1v) is 8.48. The van der Waals surface area contributed by atoms with Gasteiger partial charge >= 0.3 is 6.03 Å². The Bertz CT molecular complexity index is 733. The molecule has 0 aliphatic carbocycles. The molecule has 2 amide bonds. The predicted octanol–water partition coefficient (Wildman–Crippen LogP) is 3.97. The molecule has 24 heavy (non-hydrogen) atoms. The molecule has 2 aromatic rings. The molecule has 4 nitrogen and oxygen atoms in total. The third-order valence-corrected chi connectivity index (χ3v) is 4.81. The fourth-order valence-electron chi connectivity index (χ4n) is 3.00. The summed E-state index contributed by atoms with van der Waals surface area (Å²) in [4.78, 5) is 16.7. The van der Waals surface area contributed by atoms with Gasteiger partial charge in [0, 0.05) is 37.6 Å². The SMILES string of the molecule is Cc1ccc(N2CCN(C(=O)Nc3ccccc3C)CC2)cc1C. The van der Waals surface area contributed by atoms with Gasteiger partial charge in [0.2, 0.25) is 0 Å². The summed E-state index contributed by atoms with van der Waals surface area (Å²) in [5.41, 5.74) is 5.85. The van der Waals surface area contributed by atoms with E-state index in [-0.39, 0.29) is 6.03 Å². The number of nitrogens with one attached hydrogen (secondary N) is 1. The van der Waals surface area contributed by atoms with Crippen LogP contribution >= 0.6 is 0 Å². The highest BCUT2D eigenvalue weighted by atomic mass is 16.2. The summed E-state index contributed by atoms with van der Waals surface area (Å²) in [6, 6.07) is 14.4. The molecule has 126 valence electrons. The van der Waals surface area contributed by atoms with Gasteiger partial charge in [-0.3, -0.25) is 0 Å². The smallest absolute Gasteiger partial charge is 0.321 e. The van der Waals surface area contributed by atoms with E-state index < -0.39 is 0 Å². The average molecular weight is 323 g/mol. The van der Waals surface area contributed by atoms with E-state index in [4.69, 9.17) is 0 Å². The van der Waals surface area contributed by atoms with Gasteiger partial charge in [0.1, 0.15) is 0 Å². The van der Waals surface area contributed by atoms with Gasteiger partial charge in [-0.15, -0.1) is 0 Å². The van der Waals surface area contributed by atoms with Crippen molar-refractivity contribution in [3.63, 3.8) is 0 Å². The van der Waals surface area contributed by atoms with E-state index >= 15 is 0 Å². The van der Waals surface area contributed by atoms with Gasteiger partial charge in [-0.1, -0.05) is 24.3 Å². The molecule has 0 bridgehead atoms. The van der Waals surface area contributed by atoms with Crippen LogP contribution in [0, 0.1) is 20.8 Å². The van der Waals surface area contributed by atoms with Gasteiger partial charge in [0.25, 0.3) is 0 Å². The fraction of sp³-hybridized carbons (Fsp3) is 0.350. The highest BCUT2D eigenvalue weighted by molar-refractivity contribution is 5.90. The van der Waals surface area contributed by atoms with E-state index in [0.29, 0.717) is 0 Å². The van der Waals surface area contributed by atoms with Crippen LogP contribution in [-0.4, -0.2) is 37.1 Å². The molecule has 1 N–H and O–H groups in total. The number of benzene rings is 2. The van der Waals surface area contributed by atoms with Crippen LogP contribution in [0.4, 0.5) is 16.2 Å². The van der Waals surface area contributed by atoms with Crippen LogP contribution in [0.1, 0.15) is 16.7 Å². The highest BCUT2D eigenvalue weighted by Gasteiger charge is 2.21. The molecule has 0 saturated carbocycles. The van der Waals surface area contributed by atoms with Crippen molar-refractivity contribution in [1.82, 2.24) is 4.90 Å². The van der Waals surface area contributed by atoms with E-state index in [1.807, 2.05) is 36.1 Å². The number of urea groups is 1. The second kappa shape index (κ2) is 6.95. The molecule has 1 aliphatic rings. The first-order valence-electron chi connectivity index (χ1n) is 8.48. The van der Waals surface area contributed by atoms with E-state index in [0.717, 1.165) is 37.4 Å². The number of carbonyl (C=O) groups excluding carboxylic acids is 1. The van der Waals surface area contributed by atoms with Crippen LogP contribution in [0.15, 0.2) is 42.5 Å². The zero-order valence-corrected chi connectivity index (χ0v) is 14.7. The van der Waals surface area contributed by atoms with Crippen molar-refractivity contribution in [3.8, 4) is 0 Å². The summed E-state index contributed by atoms with van der Waals surface area (Å²) in [5, 5.41) is 3.02. The number of aryl methyl sites for hydroxylation is 3. The molecule has 2 aromatic carbocycles. The van der Waals surface area contributed by atoms with Gasteiger partial charge in [-0.05, 0) is 55.7 Å². The summed E-state index contributed by atoms with van der Waals surface area (Å²) in [5.74, 6) is 0. The summed E-state index contributed by atoms with van der Waals surface area (Å²) < 4.78 is 0. The molecule has 0 aromatic heterocycles. The van der Waals surface area contributed by atoms with Crippen molar-refractivity contribution in [3.05, 3.63) is 59.2 Å². The van der Waals surface area contributed by atoms with Gasteiger partial charge in [-0.25, -0.2) is 4.79 Å². The van der Waals surface area contributed by atoms with Crippen molar-refractivity contribution in [2.45, 2.75) is 20.8 Å². The van der Waals surface area contributed by atoms with Crippen LogP contribution in [0.25, 0.3) is 0 Å². The maximum atomic E-state index is 12.5. The number of rotatable bonds is 2. The summed E-state index contributed by atoms with van der Waals surface area (Å²) >= 11 is 0. The monoisotopic (exact) mass is 323 g/mol. The zero-order valence-electron chi connectivity index (χ0n) is 14.7. The van der Waals surface area contributed by atoms with Crippen LogP contribution in [-0.2, 0) is 0 Å². The van der Waals surface area contributed by atoms with Gasteiger partial charge in [0.15, 0.2) is 0 Å². The molecule has 1 saturated heterocycles. The zero-order chi connectivity index (χ0) is 17.1. The van der Waals surface area contributed by atoms with E-state index in [2.05, 4.69) is 42.3 Å². The van der Waals surface area contributed by atoms with Gasteiger partial charge in [-0.2, -0.15) is 0 Å². The largest absolute Gasteiger partial charge is 0.368 e. The number of hydrogen-bond donors (Lipinski definition) is 1. The summed E-state index contributed by atoms with van der Waals surface area (Å²) in [7, 11) is 0. The topological polar surface area (TPSA) is 35.6 Å².